The zero-order valence-corrected chi connectivity index (χ0v) is 9.75. The second kappa shape index (κ2) is 3.45. The van der Waals surface area contributed by atoms with Gasteiger partial charge in [-0.25, -0.2) is 4.39 Å². The summed E-state index contributed by atoms with van der Waals surface area (Å²) in [7, 11) is 0. The van der Waals surface area contributed by atoms with E-state index in [1.54, 1.807) is 6.07 Å². The molecule has 0 aliphatic heterocycles. The Morgan fingerprint density at radius 3 is 2.56 bits per heavy atom. The van der Waals surface area contributed by atoms with Crippen molar-refractivity contribution < 1.29 is 14.3 Å². The van der Waals surface area contributed by atoms with Gasteiger partial charge < -0.3 is 5.11 Å². The normalized spacial score (nSPS) is 26.5. The molecule has 0 radical (unpaired) electrons. The number of rotatable bonds is 2. The van der Waals surface area contributed by atoms with Crippen molar-refractivity contribution in [3.05, 3.63) is 34.6 Å². The van der Waals surface area contributed by atoms with Gasteiger partial charge in [-0.3, -0.25) is 4.79 Å². The van der Waals surface area contributed by atoms with Gasteiger partial charge in [0.25, 0.3) is 0 Å². The predicted octanol–water partition coefficient (Wildman–Crippen LogP) is 3.30. The number of aliphatic carboxylic acids is 1. The van der Waals surface area contributed by atoms with Crippen LogP contribution in [0.15, 0.2) is 18.2 Å². The molecule has 1 aromatic rings. The Hall–Kier alpha value is -1.09. The lowest BCUT2D eigenvalue weighted by molar-refractivity contribution is -0.139. The first-order valence-electron chi connectivity index (χ1n) is 5.03. The molecule has 0 unspecified atom stereocenters. The van der Waals surface area contributed by atoms with Gasteiger partial charge in [-0.2, -0.15) is 0 Å². The topological polar surface area (TPSA) is 37.3 Å². The molecule has 1 saturated carbocycles. The van der Waals surface area contributed by atoms with Crippen molar-refractivity contribution in [2.24, 2.45) is 11.3 Å². The standard InChI is InChI=1S/C12H12ClFO2/c1-12(2)9(10(12)11(15)16)7-4-3-6(14)5-8(7)13/h3-5,9-10H,1-2H3,(H,15,16)/t9-,10+/m1/s1. The van der Waals surface area contributed by atoms with Crippen LogP contribution in [0.25, 0.3) is 0 Å². The molecule has 86 valence electrons. The predicted molar refractivity (Wildman–Crippen MR) is 59.1 cm³/mol. The Labute approximate surface area is 98.0 Å². The van der Waals surface area contributed by atoms with Gasteiger partial charge in [0.15, 0.2) is 0 Å². The van der Waals surface area contributed by atoms with Crippen LogP contribution in [0.3, 0.4) is 0 Å². The molecule has 0 bridgehead atoms. The van der Waals surface area contributed by atoms with Crippen molar-refractivity contribution in [1.82, 2.24) is 0 Å². The van der Waals surface area contributed by atoms with E-state index in [1.165, 1.54) is 12.1 Å². The maximum atomic E-state index is 12.9. The number of benzene rings is 1. The summed E-state index contributed by atoms with van der Waals surface area (Å²) < 4.78 is 12.9. The minimum Gasteiger partial charge on any atom is -0.481 e. The molecule has 1 fully saturated rings. The van der Waals surface area contributed by atoms with Gasteiger partial charge in [0.2, 0.25) is 0 Å². The summed E-state index contributed by atoms with van der Waals surface area (Å²) in [5.41, 5.74) is 0.410. The summed E-state index contributed by atoms with van der Waals surface area (Å²) in [6.07, 6.45) is 0. The highest BCUT2D eigenvalue weighted by Crippen LogP contribution is 2.65. The van der Waals surface area contributed by atoms with Crippen LogP contribution < -0.4 is 0 Å². The highest BCUT2D eigenvalue weighted by atomic mass is 35.5. The Morgan fingerprint density at radius 1 is 1.50 bits per heavy atom. The molecule has 0 heterocycles. The number of halogens is 2. The summed E-state index contributed by atoms with van der Waals surface area (Å²) >= 11 is 5.93. The lowest BCUT2D eigenvalue weighted by Gasteiger charge is -2.05. The Bertz CT molecular complexity index is 456. The van der Waals surface area contributed by atoms with E-state index in [4.69, 9.17) is 16.7 Å². The van der Waals surface area contributed by atoms with E-state index >= 15 is 0 Å². The zero-order valence-electron chi connectivity index (χ0n) is 9.00. The Morgan fingerprint density at radius 2 is 2.12 bits per heavy atom. The third kappa shape index (κ3) is 1.59. The van der Waals surface area contributed by atoms with E-state index in [0.717, 1.165) is 5.56 Å². The van der Waals surface area contributed by atoms with Crippen molar-refractivity contribution >= 4 is 17.6 Å². The van der Waals surface area contributed by atoms with Crippen LogP contribution in [-0.2, 0) is 4.79 Å². The molecule has 0 amide bonds. The molecule has 2 rings (SSSR count). The second-order valence-corrected chi connectivity index (χ2v) is 5.19. The fraction of sp³-hybridized carbons (Fsp3) is 0.417. The molecule has 0 aromatic heterocycles. The number of carboxylic acids is 1. The van der Waals surface area contributed by atoms with E-state index < -0.39 is 17.7 Å². The van der Waals surface area contributed by atoms with Crippen molar-refractivity contribution in [2.45, 2.75) is 19.8 Å². The molecule has 2 nitrogen and oxygen atoms in total. The maximum absolute atomic E-state index is 12.9. The van der Waals surface area contributed by atoms with Crippen LogP contribution >= 0.6 is 11.6 Å². The zero-order chi connectivity index (χ0) is 12.1. The number of hydrogen-bond acceptors (Lipinski definition) is 1. The molecule has 2 atom stereocenters. The van der Waals surface area contributed by atoms with Crippen LogP contribution in [0.5, 0.6) is 0 Å². The molecule has 1 aliphatic carbocycles. The van der Waals surface area contributed by atoms with Crippen LogP contribution in [-0.4, -0.2) is 11.1 Å². The average Bonchev–Trinajstić information content (AvgIpc) is 2.69. The molecule has 1 aliphatic rings. The molecule has 1 N–H and O–H groups in total. The quantitative estimate of drug-likeness (QED) is 0.864. The first-order chi connectivity index (χ1) is 7.35. The van der Waals surface area contributed by atoms with E-state index in [-0.39, 0.29) is 11.3 Å². The molecule has 1 aromatic carbocycles. The highest BCUT2D eigenvalue weighted by Gasteiger charge is 2.63. The van der Waals surface area contributed by atoms with Crippen LogP contribution in [0, 0.1) is 17.2 Å². The van der Waals surface area contributed by atoms with Crippen molar-refractivity contribution in [3.63, 3.8) is 0 Å². The van der Waals surface area contributed by atoms with Gasteiger partial charge in [-0.05, 0) is 23.1 Å². The highest BCUT2D eigenvalue weighted by molar-refractivity contribution is 6.31. The SMILES string of the molecule is CC1(C)[C@H](C(=O)O)[C@H]1c1ccc(F)cc1Cl. The monoisotopic (exact) mass is 242 g/mol. The van der Waals surface area contributed by atoms with Gasteiger partial charge in [0.1, 0.15) is 5.82 Å². The minimum absolute atomic E-state index is 0.127. The smallest absolute Gasteiger partial charge is 0.307 e. The van der Waals surface area contributed by atoms with Gasteiger partial charge >= 0.3 is 5.97 Å². The molecule has 16 heavy (non-hydrogen) atoms. The largest absolute Gasteiger partial charge is 0.481 e. The Kier molecular flexibility index (Phi) is 2.46. The summed E-state index contributed by atoms with van der Waals surface area (Å²) in [6.45, 7) is 3.77. The number of hydrogen-bond donors (Lipinski definition) is 1. The van der Waals surface area contributed by atoms with Crippen molar-refractivity contribution in [2.75, 3.05) is 0 Å². The lowest BCUT2D eigenvalue weighted by Crippen LogP contribution is -2.03. The van der Waals surface area contributed by atoms with E-state index in [2.05, 4.69) is 0 Å². The van der Waals surface area contributed by atoms with Crippen molar-refractivity contribution in [1.29, 1.82) is 0 Å². The minimum atomic E-state index is -0.824. The second-order valence-electron chi connectivity index (χ2n) is 4.78. The fourth-order valence-electron chi connectivity index (χ4n) is 2.43. The summed E-state index contributed by atoms with van der Waals surface area (Å²) in [4.78, 5) is 11.0. The van der Waals surface area contributed by atoms with Crippen LogP contribution in [0.4, 0.5) is 4.39 Å². The van der Waals surface area contributed by atoms with E-state index in [9.17, 15) is 9.18 Å². The summed E-state index contributed by atoms with van der Waals surface area (Å²) in [5, 5.41) is 9.36. The first kappa shape index (κ1) is 11.4. The van der Waals surface area contributed by atoms with Crippen molar-refractivity contribution in [3.8, 4) is 0 Å². The third-order valence-corrected chi connectivity index (χ3v) is 3.72. The van der Waals surface area contributed by atoms with Gasteiger partial charge in [-0.15, -0.1) is 0 Å². The summed E-state index contributed by atoms with van der Waals surface area (Å²) in [6, 6.07) is 4.12. The van der Waals surface area contributed by atoms with E-state index in [0.29, 0.717) is 5.02 Å². The Balaban J connectivity index is 2.37. The maximum Gasteiger partial charge on any atom is 0.307 e. The number of carbonyl (C=O) groups is 1. The van der Waals surface area contributed by atoms with Gasteiger partial charge in [0.05, 0.1) is 5.92 Å². The van der Waals surface area contributed by atoms with Crippen LogP contribution in [0.2, 0.25) is 5.02 Å². The van der Waals surface area contributed by atoms with Gasteiger partial charge in [0, 0.05) is 10.9 Å². The third-order valence-electron chi connectivity index (χ3n) is 3.39. The van der Waals surface area contributed by atoms with E-state index in [1.807, 2.05) is 13.8 Å². The molecular formula is C12H12ClFO2. The molecule has 0 saturated heterocycles. The molecule has 0 spiro atoms. The first-order valence-corrected chi connectivity index (χ1v) is 5.41. The molecular weight excluding hydrogens is 231 g/mol. The van der Waals surface area contributed by atoms with Gasteiger partial charge in [-0.1, -0.05) is 31.5 Å². The fourth-order valence-corrected chi connectivity index (χ4v) is 2.72. The lowest BCUT2D eigenvalue weighted by atomic mass is 10.0. The average molecular weight is 243 g/mol. The molecule has 4 heteroatoms. The number of carboxylic acid groups (broad SMARTS) is 1. The van der Waals surface area contributed by atoms with Crippen LogP contribution in [0.1, 0.15) is 25.3 Å². The summed E-state index contributed by atoms with van der Waals surface area (Å²) in [5.74, 6) is -1.79.